The van der Waals surface area contributed by atoms with Crippen LogP contribution in [0.3, 0.4) is 0 Å². The predicted octanol–water partition coefficient (Wildman–Crippen LogP) is 1.85. The number of β-amino-alcohol motifs (C(OH)–C–C–N with tert-alkyl or cyclic N) is 1. The van der Waals surface area contributed by atoms with Gasteiger partial charge in [-0.1, -0.05) is 6.07 Å². The number of pyridine rings is 1. The first-order valence-corrected chi connectivity index (χ1v) is 8.07. The summed E-state index contributed by atoms with van der Waals surface area (Å²) >= 11 is 0. The van der Waals surface area contributed by atoms with Crippen molar-refractivity contribution in [3.05, 3.63) is 54.0 Å². The van der Waals surface area contributed by atoms with Crippen LogP contribution in [-0.2, 0) is 0 Å². The number of nitrogens with two attached hydrogens (primary N) is 1. The number of aromatic nitrogens is 1. The lowest BCUT2D eigenvalue weighted by molar-refractivity contribution is -0.0532. The third kappa shape index (κ3) is 4.06. The van der Waals surface area contributed by atoms with Gasteiger partial charge in [-0.15, -0.1) is 0 Å². The standard InChI is InChI=1S/C18H20FN3O3/c19-13-4-1-5-14(10-13)25-12-18(24)7-3-9-22(11-18)17(23)15-6-2-8-21-16(15)20/h1-2,4-6,8,10,24H,3,7,9,11-12H2,(H2,20,21). The van der Waals surface area contributed by atoms with E-state index in [1.807, 2.05) is 0 Å². The highest BCUT2D eigenvalue weighted by Gasteiger charge is 2.36. The maximum atomic E-state index is 13.2. The van der Waals surface area contributed by atoms with Crippen LogP contribution in [-0.4, -0.2) is 46.2 Å². The van der Waals surface area contributed by atoms with Gasteiger partial charge in [0.2, 0.25) is 0 Å². The van der Waals surface area contributed by atoms with Gasteiger partial charge in [0.1, 0.15) is 29.6 Å². The summed E-state index contributed by atoms with van der Waals surface area (Å²) in [5.74, 6) is -0.169. The molecule has 3 N–H and O–H groups in total. The van der Waals surface area contributed by atoms with Crippen LogP contribution in [0.1, 0.15) is 23.2 Å². The summed E-state index contributed by atoms with van der Waals surface area (Å²) in [7, 11) is 0. The zero-order chi connectivity index (χ0) is 17.9. The number of hydrogen-bond acceptors (Lipinski definition) is 5. The molecule has 132 valence electrons. The van der Waals surface area contributed by atoms with Gasteiger partial charge in [-0.2, -0.15) is 0 Å². The van der Waals surface area contributed by atoms with Crippen molar-refractivity contribution < 1.29 is 19.0 Å². The Bertz CT molecular complexity index is 771. The van der Waals surface area contributed by atoms with Crippen molar-refractivity contribution in [3.63, 3.8) is 0 Å². The molecule has 2 heterocycles. The molecule has 1 aromatic carbocycles. The van der Waals surface area contributed by atoms with Crippen LogP contribution in [0.5, 0.6) is 5.75 Å². The minimum atomic E-state index is -1.20. The van der Waals surface area contributed by atoms with Gasteiger partial charge in [0.25, 0.3) is 5.91 Å². The number of aliphatic hydroxyl groups is 1. The molecule has 0 saturated carbocycles. The van der Waals surface area contributed by atoms with Crippen LogP contribution in [0, 0.1) is 5.82 Å². The minimum absolute atomic E-state index is 0.0250. The summed E-state index contributed by atoms with van der Waals surface area (Å²) in [6.07, 6.45) is 2.65. The second kappa shape index (κ2) is 7.06. The van der Waals surface area contributed by atoms with Crippen LogP contribution in [0.4, 0.5) is 10.2 Å². The fraction of sp³-hybridized carbons (Fsp3) is 0.333. The molecule has 1 atom stereocenters. The number of carbonyl (C=O) groups excluding carboxylic acids is 1. The molecule has 3 rings (SSSR count). The Morgan fingerprint density at radius 1 is 1.40 bits per heavy atom. The third-order valence-corrected chi connectivity index (χ3v) is 4.22. The van der Waals surface area contributed by atoms with Crippen LogP contribution >= 0.6 is 0 Å². The van der Waals surface area contributed by atoms with E-state index in [2.05, 4.69) is 4.98 Å². The van der Waals surface area contributed by atoms with Crippen molar-refractivity contribution in [3.8, 4) is 5.75 Å². The van der Waals surface area contributed by atoms with Gasteiger partial charge in [0.15, 0.2) is 0 Å². The number of amides is 1. The third-order valence-electron chi connectivity index (χ3n) is 4.22. The van der Waals surface area contributed by atoms with E-state index in [1.54, 1.807) is 23.1 Å². The Balaban J connectivity index is 1.67. The number of rotatable bonds is 4. The van der Waals surface area contributed by atoms with Crippen molar-refractivity contribution >= 4 is 11.7 Å². The van der Waals surface area contributed by atoms with E-state index in [-0.39, 0.29) is 24.9 Å². The molecule has 1 aliphatic rings. The maximum absolute atomic E-state index is 13.2. The number of carbonyl (C=O) groups is 1. The van der Waals surface area contributed by atoms with Crippen molar-refractivity contribution in [2.24, 2.45) is 0 Å². The van der Waals surface area contributed by atoms with Crippen LogP contribution in [0.25, 0.3) is 0 Å². The summed E-state index contributed by atoms with van der Waals surface area (Å²) in [4.78, 5) is 18.1. The highest BCUT2D eigenvalue weighted by Crippen LogP contribution is 2.25. The smallest absolute Gasteiger partial charge is 0.257 e. The summed E-state index contributed by atoms with van der Waals surface area (Å²) in [6.45, 7) is 0.619. The average molecular weight is 345 g/mol. The second-order valence-electron chi connectivity index (χ2n) is 6.24. The lowest BCUT2D eigenvalue weighted by Gasteiger charge is -2.39. The molecule has 0 radical (unpaired) electrons. The quantitative estimate of drug-likeness (QED) is 0.883. The molecule has 25 heavy (non-hydrogen) atoms. The SMILES string of the molecule is Nc1ncccc1C(=O)N1CCCC(O)(COc2cccc(F)c2)C1. The average Bonchev–Trinajstić information content (AvgIpc) is 2.60. The molecule has 1 unspecified atom stereocenters. The fourth-order valence-electron chi connectivity index (χ4n) is 2.95. The fourth-order valence-corrected chi connectivity index (χ4v) is 2.95. The normalized spacial score (nSPS) is 20.3. The van der Waals surface area contributed by atoms with E-state index >= 15 is 0 Å². The summed E-state index contributed by atoms with van der Waals surface area (Å²) in [6, 6.07) is 8.99. The number of hydrogen-bond donors (Lipinski definition) is 2. The van der Waals surface area contributed by atoms with Crippen LogP contribution in [0.2, 0.25) is 0 Å². The highest BCUT2D eigenvalue weighted by molar-refractivity contribution is 5.98. The number of piperidine rings is 1. The maximum Gasteiger partial charge on any atom is 0.257 e. The first-order valence-electron chi connectivity index (χ1n) is 8.07. The molecule has 0 aliphatic carbocycles. The monoisotopic (exact) mass is 345 g/mol. The van der Waals surface area contributed by atoms with Gasteiger partial charge in [0, 0.05) is 18.8 Å². The van der Waals surface area contributed by atoms with Gasteiger partial charge < -0.3 is 20.5 Å². The van der Waals surface area contributed by atoms with Gasteiger partial charge >= 0.3 is 0 Å². The Kier molecular flexibility index (Phi) is 4.85. The van der Waals surface area contributed by atoms with E-state index in [9.17, 15) is 14.3 Å². The summed E-state index contributed by atoms with van der Waals surface area (Å²) in [5.41, 5.74) is 4.88. The summed E-state index contributed by atoms with van der Waals surface area (Å²) < 4.78 is 18.7. The first kappa shape index (κ1) is 17.2. The Labute approximate surface area is 145 Å². The van der Waals surface area contributed by atoms with E-state index in [0.717, 1.165) is 0 Å². The lowest BCUT2D eigenvalue weighted by Crippen LogP contribution is -2.53. The van der Waals surface area contributed by atoms with Crippen LogP contribution < -0.4 is 10.5 Å². The Hall–Kier alpha value is -2.67. The van der Waals surface area contributed by atoms with Gasteiger partial charge in [-0.3, -0.25) is 4.79 Å². The zero-order valence-corrected chi connectivity index (χ0v) is 13.7. The molecular formula is C18H20FN3O3. The number of halogens is 1. The van der Waals surface area contributed by atoms with E-state index in [1.165, 1.54) is 24.4 Å². The zero-order valence-electron chi connectivity index (χ0n) is 13.7. The second-order valence-corrected chi connectivity index (χ2v) is 6.24. The Morgan fingerprint density at radius 3 is 3.00 bits per heavy atom. The van der Waals surface area contributed by atoms with Crippen LogP contribution in [0.15, 0.2) is 42.6 Å². The molecule has 0 spiro atoms. The predicted molar refractivity (Wildman–Crippen MR) is 90.6 cm³/mol. The largest absolute Gasteiger partial charge is 0.490 e. The van der Waals surface area contributed by atoms with Crippen molar-refractivity contribution in [1.82, 2.24) is 9.88 Å². The number of benzene rings is 1. The topological polar surface area (TPSA) is 88.7 Å². The van der Waals surface area contributed by atoms with Crippen molar-refractivity contribution in [2.45, 2.75) is 18.4 Å². The molecule has 1 saturated heterocycles. The highest BCUT2D eigenvalue weighted by atomic mass is 19.1. The number of nitrogens with zero attached hydrogens (tertiary/aromatic N) is 2. The van der Waals surface area contributed by atoms with Gasteiger partial charge in [-0.05, 0) is 37.1 Å². The molecule has 2 aromatic rings. The molecule has 7 heteroatoms. The van der Waals surface area contributed by atoms with E-state index in [0.29, 0.717) is 30.7 Å². The lowest BCUT2D eigenvalue weighted by atomic mass is 9.93. The van der Waals surface area contributed by atoms with Crippen molar-refractivity contribution in [1.29, 1.82) is 0 Å². The number of nitrogen functional groups attached to an aromatic ring is 1. The molecule has 0 bridgehead atoms. The van der Waals surface area contributed by atoms with E-state index < -0.39 is 11.4 Å². The molecule has 6 nitrogen and oxygen atoms in total. The molecule has 1 fully saturated rings. The minimum Gasteiger partial charge on any atom is -0.490 e. The van der Waals surface area contributed by atoms with Gasteiger partial charge in [-0.25, -0.2) is 9.37 Å². The van der Waals surface area contributed by atoms with E-state index in [4.69, 9.17) is 10.5 Å². The molecule has 1 aliphatic heterocycles. The number of likely N-dealkylation sites (tertiary alicyclic amines) is 1. The summed E-state index contributed by atoms with van der Waals surface area (Å²) in [5, 5.41) is 10.8. The number of ether oxygens (including phenoxy) is 1. The molecule has 1 amide bonds. The molecule has 1 aromatic heterocycles. The van der Waals surface area contributed by atoms with Crippen molar-refractivity contribution in [2.75, 3.05) is 25.4 Å². The number of anilines is 1. The van der Waals surface area contributed by atoms with Gasteiger partial charge in [0.05, 0.1) is 12.1 Å². The first-order chi connectivity index (χ1) is 12.0. The molecular weight excluding hydrogens is 325 g/mol. The Morgan fingerprint density at radius 2 is 2.24 bits per heavy atom.